The van der Waals surface area contributed by atoms with Gasteiger partial charge in [0, 0.05) is 10.9 Å². The molecule has 2 amide bonds. The molecule has 0 aromatic heterocycles. The first-order valence-corrected chi connectivity index (χ1v) is 10.9. The molecule has 0 unspecified atom stereocenters. The monoisotopic (exact) mass is 464 g/mol. The molecule has 3 aromatic carbocycles. The number of para-hydroxylation sites is 4. The smallest absolute Gasteiger partial charge is 0.257 e. The summed E-state index contributed by atoms with van der Waals surface area (Å²) in [7, 11) is 0. The lowest BCUT2D eigenvalue weighted by molar-refractivity contribution is -0.117. The zero-order valence-electron chi connectivity index (χ0n) is 16.3. The van der Waals surface area contributed by atoms with Crippen LogP contribution in [-0.2, 0) is 11.2 Å². The second kappa shape index (κ2) is 9.13. The van der Waals surface area contributed by atoms with Crippen LogP contribution in [0.25, 0.3) is 0 Å². The highest BCUT2D eigenvalue weighted by Crippen LogP contribution is 2.38. The normalized spacial score (nSPS) is 12.4. The van der Waals surface area contributed by atoms with Gasteiger partial charge < -0.3 is 10.1 Å². The minimum atomic E-state index is -0.230. The van der Waals surface area contributed by atoms with E-state index in [0.717, 1.165) is 17.3 Å². The van der Waals surface area contributed by atoms with Crippen molar-refractivity contribution in [1.29, 1.82) is 0 Å². The molecule has 152 valence electrons. The highest BCUT2D eigenvalue weighted by Gasteiger charge is 2.29. The average Bonchev–Trinajstić information content (AvgIpc) is 2.89. The van der Waals surface area contributed by atoms with Crippen LogP contribution in [0, 0.1) is 0 Å². The van der Waals surface area contributed by atoms with Crippen LogP contribution in [0.15, 0.2) is 72.8 Å². The summed E-state index contributed by atoms with van der Waals surface area (Å²) in [5.41, 5.74) is 3.11. The Bertz CT molecular complexity index is 1080. The van der Waals surface area contributed by atoms with E-state index < -0.39 is 0 Å². The number of alkyl halides is 1. The second-order valence-corrected chi connectivity index (χ2v) is 7.69. The summed E-state index contributed by atoms with van der Waals surface area (Å²) >= 11 is 3.40. The van der Waals surface area contributed by atoms with Crippen LogP contribution in [0.3, 0.4) is 0 Å². The summed E-state index contributed by atoms with van der Waals surface area (Å²) in [6.07, 6.45) is 1.03. The van der Waals surface area contributed by atoms with Crippen molar-refractivity contribution in [3.8, 4) is 5.75 Å². The lowest BCUT2D eigenvalue weighted by Gasteiger charge is -2.24. The summed E-state index contributed by atoms with van der Waals surface area (Å²) in [4.78, 5) is 27.9. The van der Waals surface area contributed by atoms with Gasteiger partial charge in [-0.1, -0.05) is 58.4 Å². The Labute approximate surface area is 183 Å². The fourth-order valence-corrected chi connectivity index (χ4v) is 3.72. The lowest BCUT2D eigenvalue weighted by atomic mass is 10.1. The number of amides is 2. The van der Waals surface area contributed by atoms with E-state index >= 15 is 0 Å². The SMILES string of the molecule is O=C1Nc2ccccc2N(C(=O)Cc2ccccc2OCCCBr)c2ccccc21. The predicted molar refractivity (Wildman–Crippen MR) is 122 cm³/mol. The summed E-state index contributed by atoms with van der Waals surface area (Å²) in [6, 6.07) is 22.1. The van der Waals surface area contributed by atoms with Crippen LogP contribution in [0.1, 0.15) is 22.3 Å². The van der Waals surface area contributed by atoms with E-state index in [-0.39, 0.29) is 18.2 Å². The Kier molecular flexibility index (Phi) is 6.14. The summed E-state index contributed by atoms with van der Waals surface area (Å²) < 4.78 is 5.88. The number of halogens is 1. The summed E-state index contributed by atoms with van der Waals surface area (Å²) in [6.45, 7) is 0.574. The number of carbonyl (C=O) groups is 2. The molecule has 0 saturated heterocycles. The minimum absolute atomic E-state index is 0.136. The van der Waals surface area contributed by atoms with Crippen molar-refractivity contribution in [2.75, 3.05) is 22.2 Å². The molecule has 3 aromatic rings. The van der Waals surface area contributed by atoms with Crippen molar-refractivity contribution in [2.45, 2.75) is 12.8 Å². The largest absolute Gasteiger partial charge is 0.493 e. The highest BCUT2D eigenvalue weighted by atomic mass is 79.9. The van der Waals surface area contributed by atoms with Crippen LogP contribution >= 0.6 is 15.9 Å². The summed E-state index contributed by atoms with van der Waals surface area (Å²) in [5, 5.41) is 3.77. The molecule has 0 spiro atoms. The van der Waals surface area contributed by atoms with Crippen molar-refractivity contribution in [3.63, 3.8) is 0 Å². The molecule has 0 bridgehead atoms. The van der Waals surface area contributed by atoms with Gasteiger partial charge in [-0.3, -0.25) is 14.5 Å². The molecule has 0 saturated carbocycles. The van der Waals surface area contributed by atoms with Gasteiger partial charge in [0.15, 0.2) is 0 Å². The molecule has 1 heterocycles. The Morgan fingerprint density at radius 3 is 2.47 bits per heavy atom. The fourth-order valence-electron chi connectivity index (χ4n) is 3.49. The van der Waals surface area contributed by atoms with Gasteiger partial charge in [-0.25, -0.2) is 0 Å². The minimum Gasteiger partial charge on any atom is -0.493 e. The number of ether oxygens (including phenoxy) is 1. The molecule has 4 rings (SSSR count). The van der Waals surface area contributed by atoms with Crippen molar-refractivity contribution < 1.29 is 14.3 Å². The number of nitrogens with zero attached hydrogens (tertiary/aromatic N) is 1. The Balaban J connectivity index is 1.71. The van der Waals surface area contributed by atoms with Crippen molar-refractivity contribution >= 4 is 44.8 Å². The zero-order valence-corrected chi connectivity index (χ0v) is 17.9. The van der Waals surface area contributed by atoms with E-state index in [2.05, 4.69) is 21.2 Å². The van der Waals surface area contributed by atoms with Crippen LogP contribution in [0.2, 0.25) is 0 Å². The van der Waals surface area contributed by atoms with Crippen LogP contribution in [0.4, 0.5) is 17.1 Å². The molecular weight excluding hydrogens is 444 g/mol. The first-order chi connectivity index (χ1) is 14.7. The Morgan fingerprint density at radius 2 is 1.63 bits per heavy atom. The van der Waals surface area contributed by atoms with Crippen LogP contribution in [0.5, 0.6) is 5.75 Å². The lowest BCUT2D eigenvalue weighted by Crippen LogP contribution is -2.28. The van der Waals surface area contributed by atoms with Gasteiger partial charge in [0.1, 0.15) is 5.75 Å². The quantitative estimate of drug-likeness (QED) is 0.396. The molecule has 0 fully saturated rings. The van der Waals surface area contributed by atoms with E-state index in [1.54, 1.807) is 29.2 Å². The maximum atomic E-state index is 13.6. The van der Waals surface area contributed by atoms with Gasteiger partial charge in [0.05, 0.1) is 35.7 Å². The third-order valence-electron chi connectivity index (χ3n) is 4.88. The number of fused-ring (bicyclic) bond motifs is 2. The molecule has 30 heavy (non-hydrogen) atoms. The molecule has 1 aliphatic heterocycles. The van der Waals surface area contributed by atoms with Gasteiger partial charge >= 0.3 is 0 Å². The fraction of sp³-hybridized carbons (Fsp3) is 0.167. The van der Waals surface area contributed by atoms with Crippen molar-refractivity contribution in [2.24, 2.45) is 0 Å². The van der Waals surface area contributed by atoms with E-state index in [0.29, 0.717) is 35.0 Å². The molecule has 5 nitrogen and oxygen atoms in total. The van der Waals surface area contributed by atoms with E-state index in [4.69, 9.17) is 4.74 Å². The number of anilines is 3. The standard InChI is InChI=1S/C24H21BrN2O3/c25-14-7-15-30-22-13-6-1-8-17(22)16-23(28)27-20-11-4-2-9-18(20)24(29)26-19-10-3-5-12-21(19)27/h1-6,8-13H,7,14-16H2,(H,26,29). The average molecular weight is 465 g/mol. The second-order valence-electron chi connectivity index (χ2n) is 6.89. The molecule has 0 atom stereocenters. The Hall–Kier alpha value is -3.12. The number of nitrogens with one attached hydrogen (secondary N) is 1. The zero-order chi connectivity index (χ0) is 20.9. The molecule has 1 N–H and O–H groups in total. The number of hydrogen-bond donors (Lipinski definition) is 1. The van der Waals surface area contributed by atoms with Crippen LogP contribution < -0.4 is 15.0 Å². The highest BCUT2D eigenvalue weighted by molar-refractivity contribution is 9.09. The first-order valence-electron chi connectivity index (χ1n) is 9.78. The van der Waals surface area contributed by atoms with Gasteiger partial charge in [0.2, 0.25) is 5.91 Å². The molecule has 0 aliphatic carbocycles. The third-order valence-corrected chi connectivity index (χ3v) is 5.44. The van der Waals surface area contributed by atoms with E-state index in [1.807, 2.05) is 48.5 Å². The van der Waals surface area contributed by atoms with Crippen molar-refractivity contribution in [1.82, 2.24) is 0 Å². The molecule has 0 radical (unpaired) electrons. The molecule has 1 aliphatic rings. The topological polar surface area (TPSA) is 58.6 Å². The molecular formula is C24H21BrN2O3. The number of hydrogen-bond acceptors (Lipinski definition) is 3. The number of rotatable bonds is 6. The third kappa shape index (κ3) is 4.09. The van der Waals surface area contributed by atoms with Gasteiger partial charge in [-0.05, 0) is 36.8 Å². The van der Waals surface area contributed by atoms with E-state index in [9.17, 15) is 9.59 Å². The van der Waals surface area contributed by atoms with Crippen molar-refractivity contribution in [3.05, 3.63) is 83.9 Å². The number of carbonyl (C=O) groups excluding carboxylic acids is 2. The summed E-state index contributed by atoms with van der Waals surface area (Å²) in [5.74, 6) is 0.340. The van der Waals surface area contributed by atoms with Gasteiger partial charge in [-0.15, -0.1) is 0 Å². The Morgan fingerprint density at radius 1 is 0.933 bits per heavy atom. The maximum absolute atomic E-state index is 13.6. The van der Waals surface area contributed by atoms with Crippen LogP contribution in [-0.4, -0.2) is 23.8 Å². The van der Waals surface area contributed by atoms with Gasteiger partial charge in [-0.2, -0.15) is 0 Å². The maximum Gasteiger partial charge on any atom is 0.257 e. The number of benzene rings is 3. The van der Waals surface area contributed by atoms with E-state index in [1.165, 1.54) is 0 Å². The predicted octanol–water partition coefficient (Wildman–Crippen LogP) is 5.32. The van der Waals surface area contributed by atoms with Gasteiger partial charge in [0.25, 0.3) is 5.91 Å². The first kappa shape index (κ1) is 20.2. The molecule has 6 heteroatoms.